The van der Waals surface area contributed by atoms with E-state index in [0.29, 0.717) is 19.7 Å². The van der Waals surface area contributed by atoms with Gasteiger partial charge in [-0.1, -0.05) is 0 Å². The van der Waals surface area contributed by atoms with Crippen molar-refractivity contribution >= 4 is 17.2 Å². The van der Waals surface area contributed by atoms with Crippen molar-refractivity contribution in [1.29, 1.82) is 0 Å². The van der Waals surface area contributed by atoms with Gasteiger partial charge in [0.15, 0.2) is 0 Å². The number of thiophene rings is 1. The third-order valence-corrected chi connectivity index (χ3v) is 4.59. The molecule has 0 spiro atoms. The molecule has 0 aromatic carbocycles. The fourth-order valence-electron chi connectivity index (χ4n) is 2.51. The predicted octanol–water partition coefficient (Wildman–Crippen LogP) is 2.97. The zero-order valence-corrected chi connectivity index (χ0v) is 13.0. The Labute approximate surface area is 128 Å². The van der Waals surface area contributed by atoms with Crippen LogP contribution in [0.4, 0.5) is 0 Å². The molecule has 0 N–H and O–H groups in total. The van der Waals surface area contributed by atoms with Crippen LogP contribution in [-0.2, 0) is 4.74 Å². The summed E-state index contributed by atoms with van der Waals surface area (Å²) in [6, 6.07) is 7.88. The topological polar surface area (TPSA) is 42.4 Å². The van der Waals surface area contributed by atoms with Gasteiger partial charge in [-0.2, -0.15) is 0 Å². The van der Waals surface area contributed by atoms with E-state index in [9.17, 15) is 4.79 Å². The van der Waals surface area contributed by atoms with E-state index in [2.05, 4.69) is 4.98 Å². The zero-order valence-electron chi connectivity index (χ0n) is 12.2. The molecule has 2 aromatic rings. The predicted molar refractivity (Wildman–Crippen MR) is 82.6 cm³/mol. The number of hydrogen-bond acceptors (Lipinski definition) is 4. The van der Waals surface area contributed by atoms with Crippen molar-refractivity contribution < 1.29 is 9.53 Å². The molecular weight excluding hydrogens is 284 g/mol. The molecule has 4 nitrogen and oxygen atoms in total. The number of carbonyl (C=O) groups excluding carboxylic acids is 1. The lowest BCUT2D eigenvalue weighted by Crippen LogP contribution is -2.42. The largest absolute Gasteiger partial charge is 0.370 e. The van der Waals surface area contributed by atoms with Gasteiger partial charge in [-0.05, 0) is 43.7 Å². The molecule has 1 amide bonds. The Morgan fingerprint density at radius 1 is 1.38 bits per heavy atom. The molecule has 5 heteroatoms. The molecule has 0 bridgehead atoms. The summed E-state index contributed by atoms with van der Waals surface area (Å²) in [4.78, 5) is 20.6. The number of pyridine rings is 1. The highest BCUT2D eigenvalue weighted by Gasteiger charge is 2.26. The second-order valence-corrected chi connectivity index (χ2v) is 6.54. The van der Waals surface area contributed by atoms with Gasteiger partial charge in [0.1, 0.15) is 6.10 Å². The van der Waals surface area contributed by atoms with E-state index in [1.807, 2.05) is 43.0 Å². The smallest absolute Gasteiger partial charge is 0.264 e. The van der Waals surface area contributed by atoms with Crippen molar-refractivity contribution in [3.63, 3.8) is 0 Å². The van der Waals surface area contributed by atoms with Gasteiger partial charge in [0.25, 0.3) is 5.91 Å². The van der Waals surface area contributed by atoms with Crippen molar-refractivity contribution in [2.45, 2.75) is 20.0 Å². The number of aryl methyl sites for hydroxylation is 2. The lowest BCUT2D eigenvalue weighted by atomic mass is 10.1. The van der Waals surface area contributed by atoms with Gasteiger partial charge in [0.05, 0.1) is 18.0 Å². The average molecular weight is 302 g/mol. The van der Waals surface area contributed by atoms with Gasteiger partial charge >= 0.3 is 0 Å². The molecule has 0 saturated carbocycles. The van der Waals surface area contributed by atoms with E-state index in [1.165, 1.54) is 0 Å². The van der Waals surface area contributed by atoms with Crippen molar-refractivity contribution in [1.82, 2.24) is 9.88 Å². The summed E-state index contributed by atoms with van der Waals surface area (Å²) in [7, 11) is 0. The highest BCUT2D eigenvalue weighted by molar-refractivity contribution is 7.13. The second kappa shape index (κ2) is 5.95. The van der Waals surface area contributed by atoms with Crippen LogP contribution in [0.5, 0.6) is 0 Å². The minimum absolute atomic E-state index is 0.0644. The Balaban J connectivity index is 1.75. The molecule has 3 rings (SSSR count). The van der Waals surface area contributed by atoms with E-state index in [4.69, 9.17) is 4.74 Å². The molecular formula is C16H18N2O2S. The summed E-state index contributed by atoms with van der Waals surface area (Å²) < 4.78 is 5.82. The Morgan fingerprint density at radius 3 is 2.95 bits per heavy atom. The van der Waals surface area contributed by atoms with Crippen LogP contribution in [0.2, 0.25) is 0 Å². The summed E-state index contributed by atoms with van der Waals surface area (Å²) in [5.41, 5.74) is 2.05. The number of nitrogens with zero attached hydrogens (tertiary/aromatic N) is 2. The lowest BCUT2D eigenvalue weighted by molar-refractivity contribution is -0.0227. The van der Waals surface area contributed by atoms with Gasteiger partial charge in [-0.3, -0.25) is 9.78 Å². The number of amides is 1. The van der Waals surface area contributed by atoms with Crippen molar-refractivity contribution in [2.75, 3.05) is 19.7 Å². The molecule has 1 saturated heterocycles. The van der Waals surface area contributed by atoms with Crippen LogP contribution in [0.15, 0.2) is 30.5 Å². The van der Waals surface area contributed by atoms with E-state index in [0.717, 1.165) is 21.0 Å². The summed E-state index contributed by atoms with van der Waals surface area (Å²) in [5.74, 6) is 0.104. The number of aromatic nitrogens is 1. The number of carbonyl (C=O) groups is 1. The molecule has 1 fully saturated rings. The van der Waals surface area contributed by atoms with Gasteiger partial charge in [0, 0.05) is 23.3 Å². The van der Waals surface area contributed by atoms with Crippen LogP contribution in [0.1, 0.15) is 31.9 Å². The highest BCUT2D eigenvalue weighted by Crippen LogP contribution is 2.25. The van der Waals surface area contributed by atoms with Crippen LogP contribution in [-0.4, -0.2) is 35.5 Å². The maximum absolute atomic E-state index is 12.5. The molecule has 110 valence electrons. The Morgan fingerprint density at radius 2 is 2.24 bits per heavy atom. The van der Waals surface area contributed by atoms with Crippen molar-refractivity contribution in [3.05, 3.63) is 51.5 Å². The first-order valence-corrected chi connectivity index (χ1v) is 7.85. The van der Waals surface area contributed by atoms with E-state index in [-0.39, 0.29) is 12.0 Å². The Bertz CT molecular complexity index is 653. The third kappa shape index (κ3) is 3.14. The van der Waals surface area contributed by atoms with Gasteiger partial charge in [-0.15, -0.1) is 11.3 Å². The molecule has 3 heterocycles. The molecule has 2 aromatic heterocycles. The fraction of sp³-hybridized carbons (Fsp3) is 0.375. The van der Waals surface area contributed by atoms with Crippen LogP contribution in [0.25, 0.3) is 0 Å². The first-order valence-electron chi connectivity index (χ1n) is 7.03. The minimum Gasteiger partial charge on any atom is -0.370 e. The van der Waals surface area contributed by atoms with E-state index in [1.54, 1.807) is 17.5 Å². The molecule has 0 aliphatic carbocycles. The molecule has 1 aliphatic rings. The monoisotopic (exact) mass is 302 g/mol. The summed E-state index contributed by atoms with van der Waals surface area (Å²) in [6.45, 7) is 5.80. The number of rotatable bonds is 2. The number of ether oxygens (including phenoxy) is 1. The summed E-state index contributed by atoms with van der Waals surface area (Å²) in [6.07, 6.45) is 1.72. The Kier molecular flexibility index (Phi) is 4.03. The third-order valence-electron chi connectivity index (χ3n) is 3.60. The molecule has 21 heavy (non-hydrogen) atoms. The molecule has 0 unspecified atom stereocenters. The van der Waals surface area contributed by atoms with Gasteiger partial charge in [-0.25, -0.2) is 0 Å². The van der Waals surface area contributed by atoms with Gasteiger partial charge < -0.3 is 9.64 Å². The molecule has 1 aliphatic heterocycles. The van der Waals surface area contributed by atoms with Crippen LogP contribution < -0.4 is 0 Å². The molecule has 0 radical (unpaired) electrons. The maximum atomic E-state index is 12.5. The zero-order chi connectivity index (χ0) is 14.8. The van der Waals surface area contributed by atoms with Crippen molar-refractivity contribution in [2.24, 2.45) is 0 Å². The summed E-state index contributed by atoms with van der Waals surface area (Å²) in [5, 5.41) is 0. The first-order chi connectivity index (χ1) is 10.1. The standard InChI is InChI=1S/C16H18N2O2S/c1-11-9-13(5-6-17-11)14-10-18(7-8-20-14)16(19)15-4-3-12(2)21-15/h3-6,9,14H,7-8,10H2,1-2H3/t14-/m0/s1. The SMILES string of the molecule is Cc1cc([C@@H]2CN(C(=O)c3ccc(C)s3)CCO2)ccn1. The normalized spacial score (nSPS) is 18.8. The minimum atomic E-state index is -0.0644. The molecule has 1 atom stereocenters. The first kappa shape index (κ1) is 14.2. The second-order valence-electron chi connectivity index (χ2n) is 5.25. The van der Waals surface area contributed by atoms with Gasteiger partial charge in [0.2, 0.25) is 0 Å². The highest BCUT2D eigenvalue weighted by atomic mass is 32.1. The number of hydrogen-bond donors (Lipinski definition) is 0. The van der Waals surface area contributed by atoms with Crippen molar-refractivity contribution in [3.8, 4) is 0 Å². The van der Waals surface area contributed by atoms with Crippen LogP contribution in [0.3, 0.4) is 0 Å². The lowest BCUT2D eigenvalue weighted by Gasteiger charge is -2.33. The summed E-state index contributed by atoms with van der Waals surface area (Å²) >= 11 is 1.55. The van der Waals surface area contributed by atoms with Crippen LogP contribution in [0, 0.1) is 13.8 Å². The average Bonchev–Trinajstić information content (AvgIpc) is 2.93. The maximum Gasteiger partial charge on any atom is 0.264 e. The van der Waals surface area contributed by atoms with E-state index >= 15 is 0 Å². The number of morpholine rings is 1. The Hall–Kier alpha value is -1.72. The quantitative estimate of drug-likeness (QED) is 0.856. The van der Waals surface area contributed by atoms with E-state index < -0.39 is 0 Å². The fourth-order valence-corrected chi connectivity index (χ4v) is 3.34. The van der Waals surface area contributed by atoms with Crippen LogP contribution >= 0.6 is 11.3 Å².